The van der Waals surface area contributed by atoms with Gasteiger partial charge < -0.3 is 19.8 Å². The van der Waals surface area contributed by atoms with Gasteiger partial charge in [-0.3, -0.25) is 0 Å². The van der Waals surface area contributed by atoms with Gasteiger partial charge in [-0.15, -0.1) is 0 Å². The molecule has 2 N–H and O–H groups in total. The SMILES string of the molecule is Cc1cc(N2CC(CO)OCC2C)ccc1C(=O)O. The van der Waals surface area contributed by atoms with Crippen LogP contribution in [0.15, 0.2) is 18.2 Å². The molecule has 1 aliphatic rings. The molecule has 1 aromatic carbocycles. The number of aliphatic hydroxyl groups is 1. The first-order valence-corrected chi connectivity index (χ1v) is 6.36. The number of carbonyl (C=O) groups is 1. The van der Waals surface area contributed by atoms with E-state index in [1.165, 1.54) is 0 Å². The molecule has 1 aliphatic heterocycles. The normalized spacial score (nSPS) is 23.4. The molecule has 1 saturated heterocycles. The maximum absolute atomic E-state index is 11.0. The summed E-state index contributed by atoms with van der Waals surface area (Å²) in [4.78, 5) is 13.1. The first-order valence-electron chi connectivity index (χ1n) is 6.36. The molecule has 104 valence electrons. The van der Waals surface area contributed by atoms with Crippen LogP contribution in [0.1, 0.15) is 22.8 Å². The fourth-order valence-corrected chi connectivity index (χ4v) is 2.35. The summed E-state index contributed by atoms with van der Waals surface area (Å²) in [5, 5.41) is 18.2. The van der Waals surface area contributed by atoms with E-state index in [0.717, 1.165) is 11.3 Å². The quantitative estimate of drug-likeness (QED) is 0.861. The van der Waals surface area contributed by atoms with Crippen molar-refractivity contribution in [2.75, 3.05) is 24.7 Å². The van der Waals surface area contributed by atoms with Crippen LogP contribution in [-0.2, 0) is 4.74 Å². The third-order valence-corrected chi connectivity index (χ3v) is 3.48. The molecule has 1 fully saturated rings. The van der Waals surface area contributed by atoms with Gasteiger partial charge in [0.1, 0.15) is 0 Å². The van der Waals surface area contributed by atoms with E-state index in [2.05, 4.69) is 4.90 Å². The number of benzene rings is 1. The number of carboxylic acids is 1. The van der Waals surface area contributed by atoms with E-state index in [4.69, 9.17) is 9.84 Å². The van der Waals surface area contributed by atoms with Crippen molar-refractivity contribution < 1.29 is 19.7 Å². The van der Waals surface area contributed by atoms with Crippen LogP contribution in [0.25, 0.3) is 0 Å². The van der Waals surface area contributed by atoms with E-state index >= 15 is 0 Å². The topological polar surface area (TPSA) is 70.0 Å². The number of aromatic carboxylic acids is 1. The molecule has 0 amide bonds. The van der Waals surface area contributed by atoms with E-state index in [1.807, 2.05) is 19.1 Å². The number of hydrogen-bond donors (Lipinski definition) is 2. The van der Waals surface area contributed by atoms with Crippen LogP contribution in [0.4, 0.5) is 5.69 Å². The number of nitrogens with zero attached hydrogens (tertiary/aromatic N) is 1. The monoisotopic (exact) mass is 265 g/mol. The Bertz CT molecular complexity index is 475. The number of ether oxygens (including phenoxy) is 1. The highest BCUT2D eigenvalue weighted by atomic mass is 16.5. The standard InChI is InChI=1S/C14H19NO4/c1-9-5-11(3-4-13(9)14(17)18)15-6-12(7-16)19-8-10(15)2/h3-5,10,12,16H,6-8H2,1-2H3,(H,17,18). The molecule has 1 heterocycles. The van der Waals surface area contributed by atoms with Gasteiger partial charge in [-0.1, -0.05) is 0 Å². The summed E-state index contributed by atoms with van der Waals surface area (Å²) < 4.78 is 5.50. The van der Waals surface area contributed by atoms with Crippen molar-refractivity contribution in [1.82, 2.24) is 0 Å². The summed E-state index contributed by atoms with van der Waals surface area (Å²) in [7, 11) is 0. The van der Waals surface area contributed by atoms with Gasteiger partial charge in [-0.25, -0.2) is 4.79 Å². The summed E-state index contributed by atoms with van der Waals surface area (Å²) in [5.74, 6) is -0.910. The van der Waals surface area contributed by atoms with Crippen molar-refractivity contribution in [3.8, 4) is 0 Å². The summed E-state index contributed by atoms with van der Waals surface area (Å²) in [6.45, 7) is 5.01. The molecule has 19 heavy (non-hydrogen) atoms. The largest absolute Gasteiger partial charge is 0.478 e. The van der Waals surface area contributed by atoms with Crippen molar-refractivity contribution in [1.29, 1.82) is 0 Å². The lowest BCUT2D eigenvalue weighted by Gasteiger charge is -2.39. The highest BCUT2D eigenvalue weighted by Gasteiger charge is 2.26. The molecule has 0 aromatic heterocycles. The average molecular weight is 265 g/mol. The number of carboxylic acid groups (broad SMARTS) is 1. The highest BCUT2D eigenvalue weighted by Crippen LogP contribution is 2.24. The van der Waals surface area contributed by atoms with Crippen molar-refractivity contribution in [3.63, 3.8) is 0 Å². The lowest BCUT2D eigenvalue weighted by atomic mass is 10.1. The minimum atomic E-state index is -0.910. The van der Waals surface area contributed by atoms with Gasteiger partial charge >= 0.3 is 5.97 Å². The van der Waals surface area contributed by atoms with Gasteiger partial charge in [0, 0.05) is 18.3 Å². The van der Waals surface area contributed by atoms with Crippen LogP contribution in [0.2, 0.25) is 0 Å². The number of morpholine rings is 1. The molecule has 2 atom stereocenters. The summed E-state index contributed by atoms with van der Waals surface area (Å²) in [6, 6.07) is 5.52. The Labute approximate surface area is 112 Å². The fraction of sp³-hybridized carbons (Fsp3) is 0.500. The van der Waals surface area contributed by atoms with Crippen molar-refractivity contribution >= 4 is 11.7 Å². The third kappa shape index (κ3) is 2.88. The molecule has 2 unspecified atom stereocenters. The van der Waals surface area contributed by atoms with Crippen molar-refractivity contribution in [2.45, 2.75) is 26.0 Å². The Morgan fingerprint density at radius 1 is 1.53 bits per heavy atom. The van der Waals surface area contributed by atoms with E-state index in [1.54, 1.807) is 13.0 Å². The fourth-order valence-electron chi connectivity index (χ4n) is 2.35. The smallest absolute Gasteiger partial charge is 0.335 e. The van der Waals surface area contributed by atoms with Gasteiger partial charge in [-0.05, 0) is 37.6 Å². The Balaban J connectivity index is 2.25. The zero-order valence-electron chi connectivity index (χ0n) is 11.2. The number of rotatable bonds is 3. The van der Waals surface area contributed by atoms with E-state index in [9.17, 15) is 9.90 Å². The molecular weight excluding hydrogens is 246 g/mol. The van der Waals surface area contributed by atoms with Crippen LogP contribution in [-0.4, -0.2) is 48.1 Å². The molecule has 0 saturated carbocycles. The van der Waals surface area contributed by atoms with Crippen LogP contribution >= 0.6 is 0 Å². The Morgan fingerprint density at radius 2 is 2.26 bits per heavy atom. The molecule has 0 spiro atoms. The van der Waals surface area contributed by atoms with E-state index < -0.39 is 5.97 Å². The van der Waals surface area contributed by atoms with Crippen LogP contribution in [0.5, 0.6) is 0 Å². The molecule has 1 aromatic rings. The predicted octanol–water partition coefficient (Wildman–Crippen LogP) is 1.28. The Morgan fingerprint density at radius 3 is 2.84 bits per heavy atom. The second-order valence-electron chi connectivity index (χ2n) is 4.94. The van der Waals surface area contributed by atoms with Crippen molar-refractivity contribution in [3.05, 3.63) is 29.3 Å². The molecule has 5 heteroatoms. The first kappa shape index (κ1) is 13.8. The van der Waals surface area contributed by atoms with E-state index in [0.29, 0.717) is 18.7 Å². The number of aliphatic hydroxyl groups excluding tert-OH is 1. The molecule has 0 radical (unpaired) electrons. The maximum Gasteiger partial charge on any atom is 0.335 e. The Hall–Kier alpha value is -1.59. The number of hydrogen-bond acceptors (Lipinski definition) is 4. The molecule has 0 bridgehead atoms. The van der Waals surface area contributed by atoms with Crippen LogP contribution in [0.3, 0.4) is 0 Å². The van der Waals surface area contributed by atoms with Crippen LogP contribution in [0, 0.1) is 6.92 Å². The van der Waals surface area contributed by atoms with Gasteiger partial charge in [-0.2, -0.15) is 0 Å². The van der Waals surface area contributed by atoms with Gasteiger partial charge in [0.2, 0.25) is 0 Å². The van der Waals surface area contributed by atoms with Crippen LogP contribution < -0.4 is 4.90 Å². The second kappa shape index (κ2) is 5.59. The molecule has 2 rings (SSSR count). The Kier molecular flexibility index (Phi) is 4.07. The lowest BCUT2D eigenvalue weighted by molar-refractivity contribution is -0.0103. The summed E-state index contributed by atoms with van der Waals surface area (Å²) >= 11 is 0. The highest BCUT2D eigenvalue weighted by molar-refractivity contribution is 5.89. The molecule has 5 nitrogen and oxygen atoms in total. The minimum absolute atomic E-state index is 0.00455. The number of aryl methyl sites for hydroxylation is 1. The average Bonchev–Trinajstić information content (AvgIpc) is 2.38. The predicted molar refractivity (Wildman–Crippen MR) is 71.8 cm³/mol. The van der Waals surface area contributed by atoms with E-state index in [-0.39, 0.29) is 18.8 Å². The zero-order valence-corrected chi connectivity index (χ0v) is 11.2. The maximum atomic E-state index is 11.0. The van der Waals surface area contributed by atoms with Gasteiger partial charge in [0.25, 0.3) is 0 Å². The third-order valence-electron chi connectivity index (χ3n) is 3.48. The summed E-state index contributed by atoms with van der Waals surface area (Å²) in [5.41, 5.74) is 2.03. The number of anilines is 1. The van der Waals surface area contributed by atoms with Gasteiger partial charge in [0.05, 0.1) is 24.9 Å². The van der Waals surface area contributed by atoms with Gasteiger partial charge in [0.15, 0.2) is 0 Å². The molecule has 0 aliphatic carbocycles. The van der Waals surface area contributed by atoms with Crippen molar-refractivity contribution in [2.24, 2.45) is 0 Å². The summed E-state index contributed by atoms with van der Waals surface area (Å²) in [6.07, 6.45) is -0.185. The first-order chi connectivity index (χ1) is 9.02. The minimum Gasteiger partial charge on any atom is -0.478 e. The second-order valence-corrected chi connectivity index (χ2v) is 4.94. The lowest BCUT2D eigenvalue weighted by Crippen LogP contribution is -2.49. The molecular formula is C14H19NO4. The zero-order chi connectivity index (χ0) is 14.0.